The van der Waals surface area contributed by atoms with Crippen LogP contribution in [0.2, 0.25) is 0 Å². The van der Waals surface area contributed by atoms with Gasteiger partial charge in [-0.3, -0.25) is 14.3 Å². The number of hydrogen-bond donors (Lipinski definition) is 1. The number of fused-ring (bicyclic) bond motifs is 3. The second-order valence-electron chi connectivity index (χ2n) is 9.21. The molecule has 0 unspecified atom stereocenters. The third-order valence-electron chi connectivity index (χ3n) is 7.12. The lowest BCUT2D eigenvalue weighted by atomic mass is 9.92. The van der Waals surface area contributed by atoms with Gasteiger partial charge in [-0.05, 0) is 62.5 Å². The van der Waals surface area contributed by atoms with Crippen LogP contribution in [0.15, 0.2) is 35.5 Å². The molecule has 1 N–H and O–H groups in total. The van der Waals surface area contributed by atoms with E-state index >= 15 is 0 Å². The number of piperidine rings is 1. The SMILES string of the molecule is CCOC1CCN(Cc2ccc3c(c2)c(=O)n(C2CCC(O)CC2)c2ncncc32)CC1. The lowest BCUT2D eigenvalue weighted by molar-refractivity contribution is 0.0125. The highest BCUT2D eigenvalue weighted by atomic mass is 16.5. The van der Waals surface area contributed by atoms with Gasteiger partial charge in [0.05, 0.1) is 12.2 Å². The fourth-order valence-corrected chi connectivity index (χ4v) is 5.42. The van der Waals surface area contributed by atoms with Crippen molar-refractivity contribution >= 4 is 21.8 Å². The number of aliphatic hydroxyl groups excluding tert-OH is 1. The molecule has 0 radical (unpaired) electrons. The fraction of sp³-hybridized carbons (Fsp3) is 0.560. The first-order valence-electron chi connectivity index (χ1n) is 11.9. The number of rotatable bonds is 5. The van der Waals surface area contributed by atoms with Gasteiger partial charge in [-0.1, -0.05) is 12.1 Å². The van der Waals surface area contributed by atoms with Gasteiger partial charge in [0.25, 0.3) is 5.56 Å². The second-order valence-corrected chi connectivity index (χ2v) is 9.21. The predicted molar refractivity (Wildman–Crippen MR) is 125 cm³/mol. The van der Waals surface area contributed by atoms with Gasteiger partial charge in [-0.2, -0.15) is 0 Å². The zero-order chi connectivity index (χ0) is 22.1. The quantitative estimate of drug-likeness (QED) is 0.618. The molecule has 2 aliphatic rings. The summed E-state index contributed by atoms with van der Waals surface area (Å²) in [5.41, 5.74) is 1.88. The molecule has 7 heteroatoms. The van der Waals surface area contributed by atoms with E-state index in [1.807, 2.05) is 10.8 Å². The van der Waals surface area contributed by atoms with E-state index in [-0.39, 0.29) is 17.7 Å². The molecule has 1 aliphatic heterocycles. The minimum absolute atomic E-state index is 0.0180. The highest BCUT2D eigenvalue weighted by Crippen LogP contribution is 2.31. The topological polar surface area (TPSA) is 80.5 Å². The Bertz CT molecular complexity index is 1150. The number of likely N-dealkylation sites (tertiary alicyclic amines) is 1. The molecular weight excluding hydrogens is 404 g/mol. The largest absolute Gasteiger partial charge is 0.393 e. The summed E-state index contributed by atoms with van der Waals surface area (Å²) in [4.78, 5) is 24.9. The van der Waals surface area contributed by atoms with Crippen molar-refractivity contribution < 1.29 is 9.84 Å². The van der Waals surface area contributed by atoms with Crippen molar-refractivity contribution in [2.75, 3.05) is 19.7 Å². The number of hydrogen-bond acceptors (Lipinski definition) is 6. The maximum absolute atomic E-state index is 13.7. The van der Waals surface area contributed by atoms with Gasteiger partial charge in [0.15, 0.2) is 0 Å². The number of benzene rings is 1. The first-order chi connectivity index (χ1) is 15.6. The fourth-order valence-electron chi connectivity index (χ4n) is 5.42. The van der Waals surface area contributed by atoms with Gasteiger partial charge in [0.2, 0.25) is 0 Å². The number of ether oxygens (including phenoxy) is 1. The molecule has 2 aromatic heterocycles. The summed E-state index contributed by atoms with van der Waals surface area (Å²) in [5.74, 6) is 0. The summed E-state index contributed by atoms with van der Waals surface area (Å²) in [6, 6.07) is 6.31. The van der Waals surface area contributed by atoms with Crippen LogP contribution in [0.1, 0.15) is 57.1 Å². The van der Waals surface area contributed by atoms with Crippen LogP contribution in [0.3, 0.4) is 0 Å². The molecular formula is C25H32N4O3. The van der Waals surface area contributed by atoms with E-state index in [4.69, 9.17) is 4.74 Å². The highest BCUT2D eigenvalue weighted by molar-refractivity contribution is 6.04. The van der Waals surface area contributed by atoms with E-state index in [2.05, 4.69) is 40.0 Å². The molecule has 2 fully saturated rings. The van der Waals surface area contributed by atoms with Crippen molar-refractivity contribution in [3.05, 3.63) is 46.6 Å². The molecule has 170 valence electrons. The summed E-state index contributed by atoms with van der Waals surface area (Å²) in [5, 5.41) is 12.5. The van der Waals surface area contributed by atoms with E-state index in [9.17, 15) is 9.90 Å². The van der Waals surface area contributed by atoms with E-state index in [0.717, 1.165) is 86.5 Å². The lowest BCUT2D eigenvalue weighted by Crippen LogP contribution is -2.36. The maximum atomic E-state index is 13.7. The first kappa shape index (κ1) is 21.5. The number of aromatic nitrogens is 3. The molecule has 7 nitrogen and oxygen atoms in total. The normalized spacial score (nSPS) is 23.2. The first-order valence-corrected chi connectivity index (χ1v) is 11.9. The van der Waals surface area contributed by atoms with Crippen LogP contribution in [0, 0.1) is 0 Å². The number of nitrogens with zero attached hydrogens (tertiary/aromatic N) is 4. The average molecular weight is 437 g/mol. The van der Waals surface area contributed by atoms with Crippen LogP contribution in [0.4, 0.5) is 0 Å². The van der Waals surface area contributed by atoms with Crippen molar-refractivity contribution in [2.45, 2.75) is 70.2 Å². The van der Waals surface area contributed by atoms with E-state index in [1.165, 1.54) is 6.33 Å². The summed E-state index contributed by atoms with van der Waals surface area (Å²) >= 11 is 0. The zero-order valence-electron chi connectivity index (χ0n) is 18.7. The molecule has 1 aliphatic carbocycles. The minimum atomic E-state index is -0.262. The second kappa shape index (κ2) is 9.25. The smallest absolute Gasteiger partial charge is 0.260 e. The summed E-state index contributed by atoms with van der Waals surface area (Å²) in [6.45, 7) is 5.71. The van der Waals surface area contributed by atoms with Gasteiger partial charge in [-0.25, -0.2) is 9.97 Å². The van der Waals surface area contributed by atoms with Crippen molar-refractivity contribution in [3.8, 4) is 0 Å². The minimum Gasteiger partial charge on any atom is -0.393 e. The Kier molecular flexibility index (Phi) is 6.22. The average Bonchev–Trinajstić information content (AvgIpc) is 2.82. The number of pyridine rings is 1. The van der Waals surface area contributed by atoms with Crippen LogP contribution in [-0.2, 0) is 11.3 Å². The number of aliphatic hydroxyl groups is 1. The van der Waals surface area contributed by atoms with Crippen molar-refractivity contribution in [1.29, 1.82) is 0 Å². The van der Waals surface area contributed by atoms with Crippen molar-refractivity contribution in [1.82, 2.24) is 19.4 Å². The molecule has 0 amide bonds. The van der Waals surface area contributed by atoms with Crippen molar-refractivity contribution in [3.63, 3.8) is 0 Å². The Morgan fingerprint density at radius 3 is 2.59 bits per heavy atom. The third kappa shape index (κ3) is 4.17. The van der Waals surface area contributed by atoms with Crippen LogP contribution >= 0.6 is 0 Å². The third-order valence-corrected chi connectivity index (χ3v) is 7.12. The van der Waals surface area contributed by atoms with Gasteiger partial charge < -0.3 is 9.84 Å². The molecule has 5 rings (SSSR count). The van der Waals surface area contributed by atoms with Gasteiger partial charge >= 0.3 is 0 Å². The Labute approximate surface area is 188 Å². The Morgan fingerprint density at radius 1 is 1.06 bits per heavy atom. The maximum Gasteiger partial charge on any atom is 0.260 e. The monoisotopic (exact) mass is 436 g/mol. The zero-order valence-corrected chi connectivity index (χ0v) is 18.7. The standard InChI is InChI=1S/C25H32N4O3/c1-2-32-20-9-11-28(12-10-20)15-17-3-8-21-22(13-17)25(31)29(18-4-6-19(30)7-5-18)24-23(21)14-26-16-27-24/h3,8,13-14,16,18-20,30H,2,4-7,9-12,15H2,1H3. The molecule has 3 aromatic rings. The highest BCUT2D eigenvalue weighted by Gasteiger charge is 2.25. The van der Waals surface area contributed by atoms with Gasteiger partial charge in [-0.15, -0.1) is 0 Å². The van der Waals surface area contributed by atoms with Crippen molar-refractivity contribution in [2.24, 2.45) is 0 Å². The van der Waals surface area contributed by atoms with Gasteiger partial charge in [0, 0.05) is 49.3 Å². The van der Waals surface area contributed by atoms with Crippen LogP contribution in [0.25, 0.3) is 21.8 Å². The van der Waals surface area contributed by atoms with E-state index in [1.54, 1.807) is 0 Å². The van der Waals surface area contributed by atoms with Crippen LogP contribution in [0.5, 0.6) is 0 Å². The van der Waals surface area contributed by atoms with E-state index in [0.29, 0.717) is 11.8 Å². The van der Waals surface area contributed by atoms with Gasteiger partial charge in [0.1, 0.15) is 12.0 Å². The molecule has 0 spiro atoms. The van der Waals surface area contributed by atoms with E-state index < -0.39 is 0 Å². The molecule has 1 aromatic carbocycles. The summed E-state index contributed by atoms with van der Waals surface area (Å²) in [6.07, 6.45) is 8.59. The Hall–Kier alpha value is -2.35. The summed E-state index contributed by atoms with van der Waals surface area (Å²) in [7, 11) is 0. The molecule has 0 atom stereocenters. The Morgan fingerprint density at radius 2 is 1.84 bits per heavy atom. The molecule has 1 saturated carbocycles. The van der Waals surface area contributed by atoms with Crippen LogP contribution in [-0.4, -0.2) is 56.4 Å². The molecule has 3 heterocycles. The predicted octanol–water partition coefficient (Wildman–Crippen LogP) is 3.42. The molecule has 0 bridgehead atoms. The summed E-state index contributed by atoms with van der Waals surface area (Å²) < 4.78 is 7.64. The Balaban J connectivity index is 1.49. The lowest BCUT2D eigenvalue weighted by Gasteiger charge is -2.31. The molecule has 32 heavy (non-hydrogen) atoms. The molecule has 1 saturated heterocycles. The van der Waals surface area contributed by atoms with Crippen LogP contribution < -0.4 is 5.56 Å².